The molecule has 5 nitrogen and oxygen atoms in total. The molecule has 1 N–H and O–H groups in total. The quantitative estimate of drug-likeness (QED) is 0.566. The molecular formula is C17H16N4OS2. The number of hydrogen-bond donors (Lipinski definition) is 1. The fraction of sp³-hybridized carbons (Fsp3) is 0.235. The summed E-state index contributed by atoms with van der Waals surface area (Å²) in [7, 11) is 0. The highest BCUT2D eigenvalue weighted by molar-refractivity contribution is 7.71. The number of thiophene rings is 1. The number of aromatic amines is 1. The van der Waals surface area contributed by atoms with Crippen LogP contribution in [0.1, 0.15) is 30.9 Å². The third kappa shape index (κ3) is 2.32. The fourth-order valence-electron chi connectivity index (χ4n) is 2.87. The molecule has 0 unspecified atom stereocenters. The highest BCUT2D eigenvalue weighted by Gasteiger charge is 2.14. The molecule has 7 heteroatoms. The monoisotopic (exact) mass is 356 g/mol. The molecule has 0 saturated carbocycles. The zero-order valence-corrected chi connectivity index (χ0v) is 14.9. The average molecular weight is 356 g/mol. The maximum Gasteiger partial charge on any atom is 0.273 e. The summed E-state index contributed by atoms with van der Waals surface area (Å²) in [6, 6.07) is 10.3. The SMILES string of the molecule is CC(C)c1ccc(Cn2c(=O)c3sccc3n3c(=S)[nH]nc23)cc1. The maximum atomic E-state index is 12.9. The van der Waals surface area contributed by atoms with Crippen LogP contribution >= 0.6 is 23.6 Å². The van der Waals surface area contributed by atoms with E-state index in [1.807, 2.05) is 15.8 Å². The van der Waals surface area contributed by atoms with E-state index < -0.39 is 0 Å². The van der Waals surface area contributed by atoms with Crippen LogP contribution < -0.4 is 5.56 Å². The van der Waals surface area contributed by atoms with Gasteiger partial charge < -0.3 is 0 Å². The smallest absolute Gasteiger partial charge is 0.271 e. The largest absolute Gasteiger partial charge is 0.273 e. The third-order valence-electron chi connectivity index (χ3n) is 4.21. The second-order valence-corrected chi connectivity index (χ2v) is 7.39. The highest BCUT2D eigenvalue weighted by atomic mass is 32.1. The molecule has 1 aromatic carbocycles. The van der Waals surface area contributed by atoms with E-state index in [1.54, 1.807) is 4.57 Å². The summed E-state index contributed by atoms with van der Waals surface area (Å²) >= 11 is 6.76. The second kappa shape index (κ2) is 5.68. The molecule has 0 fully saturated rings. The van der Waals surface area contributed by atoms with E-state index in [2.05, 4.69) is 48.3 Å². The van der Waals surface area contributed by atoms with Crippen molar-refractivity contribution in [2.24, 2.45) is 0 Å². The lowest BCUT2D eigenvalue weighted by atomic mass is 10.0. The first-order chi connectivity index (χ1) is 11.6. The predicted octanol–water partition coefficient (Wildman–Crippen LogP) is 3.94. The summed E-state index contributed by atoms with van der Waals surface area (Å²) in [5, 5.41) is 8.97. The van der Waals surface area contributed by atoms with Crippen LogP contribution in [-0.2, 0) is 6.54 Å². The van der Waals surface area contributed by atoms with Gasteiger partial charge in [-0.3, -0.25) is 13.8 Å². The first-order valence-corrected chi connectivity index (χ1v) is 9.01. The van der Waals surface area contributed by atoms with Crippen molar-refractivity contribution in [3.8, 4) is 0 Å². The lowest BCUT2D eigenvalue weighted by Gasteiger charge is -2.10. The van der Waals surface area contributed by atoms with Crippen LogP contribution in [0.5, 0.6) is 0 Å². The number of H-pyrrole nitrogens is 1. The van der Waals surface area contributed by atoms with Crippen LogP contribution in [0.3, 0.4) is 0 Å². The number of rotatable bonds is 3. The number of fused-ring (bicyclic) bond motifs is 3. The Balaban J connectivity index is 1.90. The van der Waals surface area contributed by atoms with Gasteiger partial charge in [0, 0.05) is 0 Å². The first-order valence-electron chi connectivity index (χ1n) is 7.72. The van der Waals surface area contributed by atoms with Crippen LogP contribution in [-0.4, -0.2) is 19.2 Å². The predicted molar refractivity (Wildman–Crippen MR) is 99.7 cm³/mol. The van der Waals surface area contributed by atoms with Gasteiger partial charge in [0.25, 0.3) is 5.56 Å². The highest BCUT2D eigenvalue weighted by Crippen LogP contribution is 2.20. The molecule has 4 rings (SSSR count). The Kier molecular flexibility index (Phi) is 3.62. The van der Waals surface area contributed by atoms with Crippen molar-refractivity contribution in [2.75, 3.05) is 0 Å². The van der Waals surface area contributed by atoms with E-state index in [-0.39, 0.29) is 5.56 Å². The molecule has 0 spiro atoms. The molecule has 0 aliphatic heterocycles. The van der Waals surface area contributed by atoms with Crippen molar-refractivity contribution in [1.82, 2.24) is 19.2 Å². The molecule has 0 aliphatic rings. The second-order valence-electron chi connectivity index (χ2n) is 6.09. The van der Waals surface area contributed by atoms with Crippen molar-refractivity contribution in [3.05, 3.63) is 62.0 Å². The summed E-state index contributed by atoms with van der Waals surface area (Å²) in [5.74, 6) is 1.03. The van der Waals surface area contributed by atoms with Gasteiger partial charge in [-0.15, -0.1) is 16.4 Å². The fourth-order valence-corrected chi connectivity index (χ4v) is 3.92. The summed E-state index contributed by atoms with van der Waals surface area (Å²) in [4.78, 5) is 12.9. The van der Waals surface area contributed by atoms with E-state index in [1.165, 1.54) is 16.9 Å². The molecule has 24 heavy (non-hydrogen) atoms. The Bertz CT molecular complexity index is 1150. The Morgan fingerprint density at radius 3 is 2.71 bits per heavy atom. The molecule has 0 saturated heterocycles. The minimum Gasteiger partial charge on any atom is -0.271 e. The normalized spacial score (nSPS) is 11.8. The van der Waals surface area contributed by atoms with Gasteiger partial charge in [0.15, 0.2) is 0 Å². The van der Waals surface area contributed by atoms with Crippen LogP contribution in [0.2, 0.25) is 0 Å². The zero-order chi connectivity index (χ0) is 16.8. The molecule has 0 bridgehead atoms. The third-order valence-corrected chi connectivity index (χ3v) is 5.37. The molecule has 0 atom stereocenters. The van der Waals surface area contributed by atoms with Gasteiger partial charge in [0.1, 0.15) is 4.70 Å². The molecule has 3 heterocycles. The van der Waals surface area contributed by atoms with Gasteiger partial charge in [0.05, 0.1) is 12.1 Å². The van der Waals surface area contributed by atoms with E-state index in [9.17, 15) is 4.79 Å². The van der Waals surface area contributed by atoms with E-state index in [0.717, 1.165) is 11.1 Å². The van der Waals surface area contributed by atoms with Gasteiger partial charge in [-0.05, 0) is 40.7 Å². The van der Waals surface area contributed by atoms with E-state index in [4.69, 9.17) is 12.2 Å². The summed E-state index contributed by atoms with van der Waals surface area (Å²) in [6.45, 7) is 4.80. The Morgan fingerprint density at radius 2 is 2.00 bits per heavy atom. The van der Waals surface area contributed by atoms with E-state index >= 15 is 0 Å². The van der Waals surface area contributed by atoms with Crippen molar-refractivity contribution < 1.29 is 0 Å². The standard InChI is InChI=1S/C17H16N4OS2/c1-10(2)12-5-3-11(4-6-12)9-20-15(22)14-13(7-8-24-14)21-16(20)18-19-17(21)23/h3-8,10H,9H2,1-2H3,(H,19,23). The lowest BCUT2D eigenvalue weighted by molar-refractivity contribution is 0.766. The summed E-state index contributed by atoms with van der Waals surface area (Å²) in [5.41, 5.74) is 3.12. The van der Waals surface area contributed by atoms with Gasteiger partial charge in [-0.1, -0.05) is 38.1 Å². The van der Waals surface area contributed by atoms with Crippen LogP contribution in [0.25, 0.3) is 16.0 Å². The number of aromatic nitrogens is 4. The first kappa shape index (κ1) is 15.3. The minimum absolute atomic E-state index is 0.0329. The van der Waals surface area contributed by atoms with Crippen LogP contribution in [0.15, 0.2) is 40.5 Å². The van der Waals surface area contributed by atoms with Crippen molar-refractivity contribution in [1.29, 1.82) is 0 Å². The minimum atomic E-state index is -0.0329. The maximum absolute atomic E-state index is 12.9. The van der Waals surface area contributed by atoms with Crippen molar-refractivity contribution >= 4 is 39.5 Å². The Morgan fingerprint density at radius 1 is 1.25 bits per heavy atom. The van der Waals surface area contributed by atoms with Gasteiger partial charge in [-0.25, -0.2) is 5.10 Å². The van der Waals surface area contributed by atoms with Gasteiger partial charge in [0.2, 0.25) is 10.5 Å². The summed E-state index contributed by atoms with van der Waals surface area (Å²) in [6.07, 6.45) is 0. The topological polar surface area (TPSA) is 55.1 Å². The van der Waals surface area contributed by atoms with Crippen LogP contribution in [0, 0.1) is 4.77 Å². The molecule has 0 radical (unpaired) electrons. The van der Waals surface area contributed by atoms with Crippen molar-refractivity contribution in [2.45, 2.75) is 26.3 Å². The van der Waals surface area contributed by atoms with Gasteiger partial charge >= 0.3 is 0 Å². The van der Waals surface area contributed by atoms with E-state index in [0.29, 0.717) is 27.7 Å². The molecule has 0 amide bonds. The molecular weight excluding hydrogens is 340 g/mol. The molecule has 122 valence electrons. The average Bonchev–Trinajstić information content (AvgIpc) is 3.18. The molecule has 0 aliphatic carbocycles. The van der Waals surface area contributed by atoms with Crippen LogP contribution in [0.4, 0.5) is 0 Å². The molecule has 4 aromatic rings. The lowest BCUT2D eigenvalue weighted by Crippen LogP contribution is -2.23. The number of hydrogen-bond acceptors (Lipinski definition) is 4. The Hall–Kier alpha value is -2.25. The molecule has 3 aromatic heterocycles. The number of nitrogens with one attached hydrogen (secondary N) is 1. The summed E-state index contributed by atoms with van der Waals surface area (Å²) < 4.78 is 4.69. The number of benzene rings is 1. The number of nitrogens with zero attached hydrogens (tertiary/aromatic N) is 3. The van der Waals surface area contributed by atoms with Gasteiger partial charge in [-0.2, -0.15) is 0 Å². The van der Waals surface area contributed by atoms with Crippen molar-refractivity contribution in [3.63, 3.8) is 0 Å². The Labute approximate surface area is 147 Å². The zero-order valence-electron chi connectivity index (χ0n) is 13.3.